The van der Waals surface area contributed by atoms with E-state index >= 15 is 0 Å². The first-order chi connectivity index (χ1) is 11.7. The molecule has 0 saturated carbocycles. The van der Waals surface area contributed by atoms with Crippen molar-refractivity contribution in [3.8, 4) is 5.88 Å². The fourth-order valence-corrected chi connectivity index (χ4v) is 2.95. The quantitative estimate of drug-likeness (QED) is 0.807. The first kappa shape index (κ1) is 16.2. The number of anilines is 1. The number of aromatic nitrogens is 4. The van der Waals surface area contributed by atoms with Crippen molar-refractivity contribution < 1.29 is 9.53 Å². The smallest absolute Gasteiger partial charge is 0.242 e. The molecule has 1 aliphatic rings. The molecule has 1 aliphatic heterocycles. The molecule has 3 heterocycles. The van der Waals surface area contributed by atoms with Crippen LogP contribution in [0, 0.1) is 0 Å². The summed E-state index contributed by atoms with van der Waals surface area (Å²) in [5.41, 5.74) is 0. The van der Waals surface area contributed by atoms with Crippen LogP contribution in [0.1, 0.15) is 12.8 Å². The minimum Gasteiger partial charge on any atom is -0.481 e. The number of imidazole rings is 1. The van der Waals surface area contributed by atoms with E-state index in [4.69, 9.17) is 4.74 Å². The highest BCUT2D eigenvalue weighted by Crippen LogP contribution is 2.22. The normalized spacial score (nSPS) is 15.3. The number of carbonyl (C=O) groups is 1. The molecule has 8 nitrogen and oxygen atoms in total. The topological polar surface area (TPSA) is 76.4 Å². The fraction of sp³-hybridized carbons (Fsp3) is 0.500. The van der Waals surface area contributed by atoms with Gasteiger partial charge in [-0.15, -0.1) is 0 Å². The molecule has 24 heavy (non-hydrogen) atoms. The zero-order valence-electron chi connectivity index (χ0n) is 14.0. The lowest BCUT2D eigenvalue weighted by atomic mass is 10.0. The van der Waals surface area contributed by atoms with E-state index in [1.807, 2.05) is 18.0 Å². The molecule has 2 aromatic rings. The van der Waals surface area contributed by atoms with Crippen LogP contribution in [0.2, 0.25) is 0 Å². The zero-order chi connectivity index (χ0) is 16.9. The molecule has 1 fully saturated rings. The van der Waals surface area contributed by atoms with Crippen LogP contribution in [0.4, 0.5) is 5.82 Å². The molecule has 0 spiro atoms. The molecule has 0 aliphatic carbocycles. The lowest BCUT2D eigenvalue weighted by molar-refractivity contribution is -0.133. The van der Waals surface area contributed by atoms with Crippen LogP contribution in [0.25, 0.3) is 0 Å². The Labute approximate surface area is 141 Å². The highest BCUT2D eigenvalue weighted by Gasteiger charge is 2.26. The van der Waals surface area contributed by atoms with Crippen molar-refractivity contribution in [1.29, 1.82) is 0 Å². The van der Waals surface area contributed by atoms with Crippen molar-refractivity contribution in [2.75, 3.05) is 32.1 Å². The highest BCUT2D eigenvalue weighted by atomic mass is 16.5. The van der Waals surface area contributed by atoms with Gasteiger partial charge in [0.1, 0.15) is 18.7 Å². The van der Waals surface area contributed by atoms with Gasteiger partial charge in [0, 0.05) is 44.6 Å². The lowest BCUT2D eigenvalue weighted by Crippen LogP contribution is -2.46. The van der Waals surface area contributed by atoms with Crippen molar-refractivity contribution in [1.82, 2.24) is 24.4 Å². The molecule has 1 amide bonds. The van der Waals surface area contributed by atoms with E-state index in [1.54, 1.807) is 30.4 Å². The summed E-state index contributed by atoms with van der Waals surface area (Å²) in [7, 11) is 3.48. The Morgan fingerprint density at radius 2 is 2.17 bits per heavy atom. The summed E-state index contributed by atoms with van der Waals surface area (Å²) < 4.78 is 6.94. The largest absolute Gasteiger partial charge is 0.481 e. The zero-order valence-corrected chi connectivity index (χ0v) is 14.0. The fourth-order valence-electron chi connectivity index (χ4n) is 2.95. The average molecular weight is 330 g/mol. The van der Waals surface area contributed by atoms with Crippen LogP contribution >= 0.6 is 0 Å². The second-order valence-corrected chi connectivity index (χ2v) is 5.88. The van der Waals surface area contributed by atoms with Crippen molar-refractivity contribution in [3.63, 3.8) is 0 Å². The number of likely N-dealkylation sites (N-methyl/N-ethyl adjacent to an activating group) is 1. The van der Waals surface area contributed by atoms with Gasteiger partial charge in [0.15, 0.2) is 0 Å². The standard InChI is InChI=1S/C16H22N6O2/c1-20(16(23)10-21-8-5-17-12-21)13-3-6-22(7-4-13)14-9-15(24-2)19-11-18-14/h5,8-9,11-13H,3-4,6-7,10H2,1-2H3. The van der Waals surface area contributed by atoms with E-state index in [9.17, 15) is 4.79 Å². The SMILES string of the molecule is COc1cc(N2CCC(N(C)C(=O)Cn3ccnc3)CC2)ncn1. The van der Waals surface area contributed by atoms with E-state index in [-0.39, 0.29) is 11.9 Å². The van der Waals surface area contributed by atoms with E-state index in [0.29, 0.717) is 12.4 Å². The van der Waals surface area contributed by atoms with Crippen molar-refractivity contribution >= 4 is 11.7 Å². The molecule has 8 heteroatoms. The van der Waals surface area contributed by atoms with Crippen molar-refractivity contribution in [3.05, 3.63) is 31.1 Å². The number of methoxy groups -OCH3 is 1. The number of nitrogens with zero attached hydrogens (tertiary/aromatic N) is 6. The Morgan fingerprint density at radius 3 is 2.83 bits per heavy atom. The number of hydrogen-bond acceptors (Lipinski definition) is 6. The molecule has 0 bridgehead atoms. The van der Waals surface area contributed by atoms with Gasteiger partial charge in [-0.2, -0.15) is 0 Å². The second-order valence-electron chi connectivity index (χ2n) is 5.88. The summed E-state index contributed by atoms with van der Waals surface area (Å²) in [6, 6.07) is 2.09. The maximum atomic E-state index is 12.4. The average Bonchev–Trinajstić information content (AvgIpc) is 3.14. The van der Waals surface area contributed by atoms with Gasteiger partial charge in [-0.1, -0.05) is 0 Å². The molecule has 0 N–H and O–H groups in total. The second kappa shape index (κ2) is 7.29. The number of amides is 1. The maximum absolute atomic E-state index is 12.4. The summed E-state index contributed by atoms with van der Waals surface area (Å²) in [6.45, 7) is 2.04. The summed E-state index contributed by atoms with van der Waals surface area (Å²) in [5, 5.41) is 0. The van der Waals surface area contributed by atoms with Crippen LogP contribution in [0.3, 0.4) is 0 Å². The Bertz CT molecular complexity index is 667. The molecule has 0 unspecified atom stereocenters. The van der Waals surface area contributed by atoms with E-state index in [2.05, 4.69) is 19.9 Å². The third-order valence-electron chi connectivity index (χ3n) is 4.44. The van der Waals surface area contributed by atoms with Gasteiger partial charge in [0.05, 0.1) is 13.4 Å². The highest BCUT2D eigenvalue weighted by molar-refractivity contribution is 5.76. The van der Waals surface area contributed by atoms with Crippen LogP contribution in [-0.4, -0.2) is 63.6 Å². The van der Waals surface area contributed by atoms with Gasteiger partial charge in [0.25, 0.3) is 0 Å². The maximum Gasteiger partial charge on any atom is 0.242 e. The van der Waals surface area contributed by atoms with Crippen molar-refractivity contribution in [2.24, 2.45) is 0 Å². The lowest BCUT2D eigenvalue weighted by Gasteiger charge is -2.37. The predicted molar refractivity (Wildman–Crippen MR) is 88.8 cm³/mol. The van der Waals surface area contributed by atoms with Gasteiger partial charge in [-0.3, -0.25) is 4.79 Å². The third-order valence-corrected chi connectivity index (χ3v) is 4.44. The number of hydrogen-bond donors (Lipinski definition) is 0. The number of rotatable bonds is 5. The summed E-state index contributed by atoms with van der Waals surface area (Å²) in [5.74, 6) is 1.54. The number of piperidine rings is 1. The number of carbonyl (C=O) groups excluding carboxylic acids is 1. The first-order valence-electron chi connectivity index (χ1n) is 7.99. The molecule has 0 radical (unpaired) electrons. The Morgan fingerprint density at radius 1 is 1.38 bits per heavy atom. The Balaban J connectivity index is 1.55. The molecule has 3 rings (SSSR count). The molecule has 2 aromatic heterocycles. The van der Waals surface area contributed by atoms with Gasteiger partial charge in [-0.05, 0) is 12.8 Å². The first-order valence-corrected chi connectivity index (χ1v) is 7.99. The minimum atomic E-state index is 0.107. The molecular formula is C16H22N6O2. The Kier molecular flexibility index (Phi) is 4.93. The molecular weight excluding hydrogens is 308 g/mol. The predicted octanol–water partition coefficient (Wildman–Crippen LogP) is 0.809. The van der Waals surface area contributed by atoms with Gasteiger partial charge in [0.2, 0.25) is 11.8 Å². The monoisotopic (exact) mass is 330 g/mol. The minimum absolute atomic E-state index is 0.107. The van der Waals surface area contributed by atoms with Gasteiger partial charge < -0.3 is 19.1 Å². The van der Waals surface area contributed by atoms with E-state index in [1.165, 1.54) is 6.33 Å². The molecule has 0 aromatic carbocycles. The van der Waals surface area contributed by atoms with Crippen LogP contribution in [0.15, 0.2) is 31.1 Å². The summed E-state index contributed by atoms with van der Waals surface area (Å²) in [6.07, 6.45) is 8.49. The summed E-state index contributed by atoms with van der Waals surface area (Å²) >= 11 is 0. The summed E-state index contributed by atoms with van der Waals surface area (Å²) in [4.78, 5) is 28.7. The molecule has 128 valence electrons. The third kappa shape index (κ3) is 3.64. The van der Waals surface area contributed by atoms with E-state index < -0.39 is 0 Å². The van der Waals surface area contributed by atoms with Crippen LogP contribution in [0.5, 0.6) is 5.88 Å². The van der Waals surface area contributed by atoms with Gasteiger partial charge in [-0.25, -0.2) is 15.0 Å². The van der Waals surface area contributed by atoms with E-state index in [0.717, 1.165) is 31.7 Å². The van der Waals surface area contributed by atoms with Crippen LogP contribution in [-0.2, 0) is 11.3 Å². The Hall–Kier alpha value is -2.64. The van der Waals surface area contributed by atoms with Gasteiger partial charge >= 0.3 is 0 Å². The van der Waals surface area contributed by atoms with Crippen molar-refractivity contribution in [2.45, 2.75) is 25.4 Å². The molecule has 0 atom stereocenters. The van der Waals surface area contributed by atoms with Crippen LogP contribution < -0.4 is 9.64 Å². The molecule has 1 saturated heterocycles. The number of ether oxygens (including phenoxy) is 1.